The van der Waals surface area contributed by atoms with Crippen LogP contribution in [0.1, 0.15) is 26.5 Å². The van der Waals surface area contributed by atoms with E-state index in [2.05, 4.69) is 53.7 Å². The summed E-state index contributed by atoms with van der Waals surface area (Å²) in [5.41, 5.74) is 1.08. The summed E-state index contributed by atoms with van der Waals surface area (Å²) in [6.07, 6.45) is 2.13. The number of hydrogen-bond donors (Lipinski definition) is 1. The molecule has 20 heavy (non-hydrogen) atoms. The molecule has 0 amide bonds. The molecule has 1 saturated heterocycles. The summed E-state index contributed by atoms with van der Waals surface area (Å²) in [7, 11) is 0. The molecule has 5 heteroatoms. The Morgan fingerprint density at radius 1 is 1.25 bits per heavy atom. The number of nitrogens with zero attached hydrogens (tertiary/aromatic N) is 3. The topological polar surface area (TPSA) is 42.3 Å². The average molecular weight is 280 g/mol. The molecule has 2 rings (SSSR count). The minimum atomic E-state index is 0.390. The zero-order valence-electron chi connectivity index (χ0n) is 13.2. The van der Waals surface area contributed by atoms with Crippen molar-refractivity contribution >= 4 is 5.95 Å². The van der Waals surface area contributed by atoms with Crippen LogP contribution in [0.5, 0.6) is 0 Å². The molecule has 0 aliphatic carbocycles. The van der Waals surface area contributed by atoms with E-state index >= 15 is 0 Å². The van der Waals surface area contributed by atoms with Gasteiger partial charge in [-0.25, -0.2) is 4.98 Å². The highest BCUT2D eigenvalue weighted by Crippen LogP contribution is 2.13. The minimum Gasteiger partial charge on any atom is -0.379 e. The lowest BCUT2D eigenvalue weighted by Gasteiger charge is -2.29. The zero-order valence-corrected chi connectivity index (χ0v) is 13.2. The number of anilines is 1. The number of rotatable bonds is 6. The number of aryl methyl sites for hydroxylation is 1. The van der Waals surface area contributed by atoms with E-state index in [0.717, 1.165) is 51.0 Å². The van der Waals surface area contributed by atoms with Gasteiger partial charge < -0.3 is 14.6 Å². The molecule has 1 aromatic rings. The van der Waals surface area contributed by atoms with Gasteiger partial charge in [0, 0.05) is 38.4 Å². The fraction of sp³-hybridized carbons (Fsp3) is 0.800. The summed E-state index contributed by atoms with van der Waals surface area (Å²) in [6.45, 7) is 14.6. The van der Waals surface area contributed by atoms with Crippen molar-refractivity contribution in [3.8, 4) is 0 Å². The Morgan fingerprint density at radius 3 is 2.60 bits per heavy atom. The molecule has 2 heterocycles. The summed E-state index contributed by atoms with van der Waals surface area (Å²) < 4.78 is 7.62. The molecule has 0 bridgehead atoms. The quantitative estimate of drug-likeness (QED) is 0.865. The van der Waals surface area contributed by atoms with E-state index in [1.54, 1.807) is 0 Å². The molecule has 114 valence electrons. The third-order valence-electron chi connectivity index (χ3n) is 3.47. The van der Waals surface area contributed by atoms with Crippen LogP contribution in [0.15, 0.2) is 6.20 Å². The van der Waals surface area contributed by atoms with Crippen molar-refractivity contribution < 1.29 is 4.74 Å². The minimum absolute atomic E-state index is 0.390. The van der Waals surface area contributed by atoms with Gasteiger partial charge in [0.2, 0.25) is 5.95 Å². The molecule has 1 N–H and O–H groups in total. The maximum Gasteiger partial charge on any atom is 0.203 e. The van der Waals surface area contributed by atoms with E-state index in [0.29, 0.717) is 12.0 Å². The molecular formula is C15H28N4O. The predicted molar refractivity (Wildman–Crippen MR) is 82.1 cm³/mol. The predicted octanol–water partition coefficient (Wildman–Crippen LogP) is 1.98. The second-order valence-corrected chi connectivity index (χ2v) is 6.21. The first-order valence-electron chi connectivity index (χ1n) is 7.65. The normalized spacial score (nSPS) is 18.4. The molecule has 1 aliphatic rings. The van der Waals surface area contributed by atoms with Gasteiger partial charge in [-0.3, -0.25) is 4.90 Å². The first-order valence-corrected chi connectivity index (χ1v) is 7.65. The number of nitrogens with one attached hydrogen (secondary N) is 1. The van der Waals surface area contributed by atoms with Crippen molar-refractivity contribution in [3.05, 3.63) is 11.9 Å². The van der Waals surface area contributed by atoms with Crippen molar-refractivity contribution in [2.75, 3.05) is 38.2 Å². The van der Waals surface area contributed by atoms with Gasteiger partial charge in [-0.2, -0.15) is 0 Å². The molecule has 1 fully saturated rings. The van der Waals surface area contributed by atoms with Crippen molar-refractivity contribution in [3.63, 3.8) is 0 Å². The SMILES string of the molecule is Cc1cn(CC(C)C)c(NC(C)CN2CCOCC2)n1. The highest BCUT2D eigenvalue weighted by molar-refractivity contribution is 5.30. The van der Waals surface area contributed by atoms with Crippen LogP contribution in [0, 0.1) is 12.8 Å². The lowest BCUT2D eigenvalue weighted by Crippen LogP contribution is -2.42. The molecule has 5 nitrogen and oxygen atoms in total. The molecule has 1 unspecified atom stereocenters. The van der Waals surface area contributed by atoms with Gasteiger partial charge >= 0.3 is 0 Å². The van der Waals surface area contributed by atoms with Gasteiger partial charge in [-0.1, -0.05) is 13.8 Å². The Morgan fingerprint density at radius 2 is 1.95 bits per heavy atom. The maximum absolute atomic E-state index is 5.39. The van der Waals surface area contributed by atoms with E-state index < -0.39 is 0 Å². The second-order valence-electron chi connectivity index (χ2n) is 6.21. The van der Waals surface area contributed by atoms with Crippen molar-refractivity contribution in [1.82, 2.24) is 14.5 Å². The number of ether oxygens (including phenoxy) is 1. The van der Waals surface area contributed by atoms with Gasteiger partial charge in [-0.05, 0) is 19.8 Å². The highest BCUT2D eigenvalue weighted by Gasteiger charge is 2.15. The van der Waals surface area contributed by atoms with E-state index in [1.165, 1.54) is 0 Å². The van der Waals surface area contributed by atoms with Crippen LogP contribution >= 0.6 is 0 Å². The van der Waals surface area contributed by atoms with Gasteiger partial charge in [-0.15, -0.1) is 0 Å². The smallest absolute Gasteiger partial charge is 0.203 e. The van der Waals surface area contributed by atoms with E-state index in [4.69, 9.17) is 4.74 Å². The zero-order chi connectivity index (χ0) is 14.5. The fourth-order valence-corrected chi connectivity index (χ4v) is 2.63. The summed E-state index contributed by atoms with van der Waals surface area (Å²) in [5, 5.41) is 3.55. The molecule has 1 aromatic heterocycles. The van der Waals surface area contributed by atoms with E-state index in [9.17, 15) is 0 Å². The van der Waals surface area contributed by atoms with Crippen LogP contribution in [0.2, 0.25) is 0 Å². The maximum atomic E-state index is 5.39. The lowest BCUT2D eigenvalue weighted by molar-refractivity contribution is 0.0367. The number of morpholine rings is 1. The fourth-order valence-electron chi connectivity index (χ4n) is 2.63. The summed E-state index contributed by atoms with van der Waals surface area (Å²) in [6, 6.07) is 0.390. The summed E-state index contributed by atoms with van der Waals surface area (Å²) in [4.78, 5) is 7.05. The molecular weight excluding hydrogens is 252 g/mol. The first kappa shape index (κ1) is 15.3. The average Bonchev–Trinajstić information content (AvgIpc) is 2.69. The van der Waals surface area contributed by atoms with Crippen LogP contribution in [0.25, 0.3) is 0 Å². The Kier molecular flexibility index (Phi) is 5.43. The summed E-state index contributed by atoms with van der Waals surface area (Å²) in [5.74, 6) is 1.62. The molecule has 1 atom stereocenters. The third-order valence-corrected chi connectivity index (χ3v) is 3.47. The van der Waals surface area contributed by atoms with Crippen LogP contribution in [0.3, 0.4) is 0 Å². The Balaban J connectivity index is 1.90. The molecule has 1 aliphatic heterocycles. The largest absolute Gasteiger partial charge is 0.379 e. The standard InChI is InChI=1S/C15H28N4O/c1-12(2)9-19-11-14(4)17-15(19)16-13(3)10-18-5-7-20-8-6-18/h11-13H,5-10H2,1-4H3,(H,16,17). The number of hydrogen-bond acceptors (Lipinski definition) is 4. The van der Waals surface area contributed by atoms with Gasteiger partial charge in [0.25, 0.3) is 0 Å². The first-order chi connectivity index (χ1) is 9.54. The molecule has 0 saturated carbocycles. The van der Waals surface area contributed by atoms with Crippen LogP contribution in [-0.2, 0) is 11.3 Å². The molecule has 0 radical (unpaired) electrons. The van der Waals surface area contributed by atoms with Gasteiger partial charge in [0.15, 0.2) is 0 Å². The van der Waals surface area contributed by atoms with Crippen LogP contribution in [0.4, 0.5) is 5.95 Å². The van der Waals surface area contributed by atoms with Gasteiger partial charge in [0.05, 0.1) is 18.9 Å². The van der Waals surface area contributed by atoms with E-state index in [1.807, 2.05) is 0 Å². The third kappa shape index (κ3) is 4.49. The molecule has 0 spiro atoms. The van der Waals surface area contributed by atoms with Gasteiger partial charge in [0.1, 0.15) is 0 Å². The van der Waals surface area contributed by atoms with Crippen LogP contribution < -0.4 is 5.32 Å². The number of aromatic nitrogens is 2. The Bertz CT molecular complexity index is 410. The van der Waals surface area contributed by atoms with Crippen molar-refractivity contribution in [2.24, 2.45) is 5.92 Å². The van der Waals surface area contributed by atoms with Crippen molar-refractivity contribution in [2.45, 2.75) is 40.3 Å². The Hall–Kier alpha value is -1.07. The monoisotopic (exact) mass is 280 g/mol. The second kappa shape index (κ2) is 7.09. The van der Waals surface area contributed by atoms with Crippen LogP contribution in [-0.4, -0.2) is 53.3 Å². The molecule has 0 aromatic carbocycles. The van der Waals surface area contributed by atoms with Crippen molar-refractivity contribution in [1.29, 1.82) is 0 Å². The van der Waals surface area contributed by atoms with E-state index in [-0.39, 0.29) is 0 Å². The number of imidazole rings is 1. The Labute approximate surface area is 122 Å². The summed E-state index contributed by atoms with van der Waals surface area (Å²) >= 11 is 0. The highest BCUT2D eigenvalue weighted by atomic mass is 16.5. The lowest BCUT2D eigenvalue weighted by atomic mass is 10.2.